The van der Waals surface area contributed by atoms with Gasteiger partial charge in [-0.25, -0.2) is 0 Å². The highest BCUT2D eigenvalue weighted by molar-refractivity contribution is 5.26. The van der Waals surface area contributed by atoms with Crippen molar-refractivity contribution < 1.29 is 4.74 Å². The first-order chi connectivity index (χ1) is 11.8. The molecule has 5 heteroatoms. The van der Waals surface area contributed by atoms with Gasteiger partial charge in [0.2, 0.25) is 0 Å². The van der Waals surface area contributed by atoms with Crippen LogP contribution in [0.5, 0.6) is 5.75 Å². The van der Waals surface area contributed by atoms with Crippen LogP contribution in [0.2, 0.25) is 0 Å². The third-order valence-electron chi connectivity index (χ3n) is 4.96. The van der Waals surface area contributed by atoms with Gasteiger partial charge >= 0.3 is 0 Å². The Morgan fingerprint density at radius 2 is 1.96 bits per heavy atom. The molecule has 1 aromatic carbocycles. The van der Waals surface area contributed by atoms with E-state index in [1.165, 1.54) is 17.0 Å². The number of rotatable bonds is 4. The summed E-state index contributed by atoms with van der Waals surface area (Å²) in [5.41, 5.74) is 3.79. The number of benzene rings is 1. The lowest BCUT2D eigenvalue weighted by Crippen LogP contribution is -2.37. The summed E-state index contributed by atoms with van der Waals surface area (Å²) in [6.45, 7) is 8.17. The molecule has 128 valence electrons. The quantitative estimate of drug-likeness (QED) is 0.936. The van der Waals surface area contributed by atoms with Crippen molar-refractivity contribution in [3.8, 4) is 5.75 Å². The van der Waals surface area contributed by atoms with E-state index in [0.717, 1.165) is 57.9 Å². The van der Waals surface area contributed by atoms with Crippen LogP contribution in [0.25, 0.3) is 0 Å². The number of piperidine rings is 1. The monoisotopic (exact) mass is 326 g/mol. The van der Waals surface area contributed by atoms with Crippen molar-refractivity contribution in [2.45, 2.75) is 45.5 Å². The maximum atomic E-state index is 6.12. The Bertz CT molecular complexity index is 648. The minimum absolute atomic E-state index is 0.336. The number of ether oxygens (including phenoxy) is 1. The molecule has 0 saturated carbocycles. The fourth-order valence-electron chi connectivity index (χ4n) is 3.55. The first-order valence-corrected chi connectivity index (χ1v) is 8.98. The largest absolute Gasteiger partial charge is 0.490 e. The molecule has 0 spiro atoms. The van der Waals surface area contributed by atoms with E-state index in [4.69, 9.17) is 9.84 Å². The summed E-state index contributed by atoms with van der Waals surface area (Å²) < 4.78 is 8.27. The lowest BCUT2D eigenvalue weighted by molar-refractivity contribution is 0.0960. The van der Waals surface area contributed by atoms with Crippen molar-refractivity contribution in [2.24, 2.45) is 0 Å². The molecule has 2 aliphatic heterocycles. The van der Waals surface area contributed by atoms with Crippen LogP contribution in [0.15, 0.2) is 30.3 Å². The van der Waals surface area contributed by atoms with E-state index in [1.807, 2.05) is 0 Å². The van der Waals surface area contributed by atoms with E-state index in [-0.39, 0.29) is 0 Å². The minimum Gasteiger partial charge on any atom is -0.490 e. The third kappa shape index (κ3) is 3.62. The van der Waals surface area contributed by atoms with Crippen LogP contribution in [0.4, 0.5) is 0 Å². The van der Waals surface area contributed by atoms with Gasteiger partial charge in [-0.2, -0.15) is 5.10 Å². The topological polar surface area (TPSA) is 42.3 Å². The first-order valence-electron chi connectivity index (χ1n) is 8.98. The number of hydrogen-bond donors (Lipinski definition) is 1. The predicted octanol–water partition coefficient (Wildman–Crippen LogP) is 2.34. The van der Waals surface area contributed by atoms with Gasteiger partial charge in [-0.1, -0.05) is 17.7 Å². The second-order valence-electron chi connectivity index (χ2n) is 6.93. The van der Waals surface area contributed by atoms with Crippen molar-refractivity contribution in [2.75, 3.05) is 19.6 Å². The summed E-state index contributed by atoms with van der Waals surface area (Å²) >= 11 is 0. The van der Waals surface area contributed by atoms with Gasteiger partial charge in [-0.15, -0.1) is 0 Å². The molecule has 0 radical (unpaired) electrons. The van der Waals surface area contributed by atoms with Gasteiger partial charge in [-0.05, 0) is 38.0 Å². The minimum atomic E-state index is 0.336. The Balaban J connectivity index is 1.28. The number of nitrogens with one attached hydrogen (secondary N) is 1. The maximum absolute atomic E-state index is 6.12. The molecule has 0 aliphatic carbocycles. The predicted molar refractivity (Wildman–Crippen MR) is 94.0 cm³/mol. The molecule has 1 N–H and O–H groups in total. The molecule has 0 amide bonds. The normalized spacial score (nSPS) is 19.2. The molecular formula is C19H26N4O. The van der Waals surface area contributed by atoms with E-state index in [2.05, 4.69) is 52.2 Å². The molecule has 5 nitrogen and oxygen atoms in total. The zero-order valence-electron chi connectivity index (χ0n) is 14.4. The van der Waals surface area contributed by atoms with Crippen molar-refractivity contribution in [1.29, 1.82) is 0 Å². The van der Waals surface area contributed by atoms with Gasteiger partial charge in [0.15, 0.2) is 0 Å². The van der Waals surface area contributed by atoms with Crippen LogP contribution in [0.3, 0.4) is 0 Å². The lowest BCUT2D eigenvalue weighted by Gasteiger charge is -2.31. The van der Waals surface area contributed by atoms with Gasteiger partial charge in [0.25, 0.3) is 0 Å². The van der Waals surface area contributed by atoms with Crippen LogP contribution < -0.4 is 10.1 Å². The lowest BCUT2D eigenvalue weighted by atomic mass is 10.1. The summed E-state index contributed by atoms with van der Waals surface area (Å²) in [5, 5.41) is 8.14. The standard InChI is InChI=1S/C19H26N4O/c1-15-2-4-18(5-3-15)24-19-6-9-22(10-7-19)14-16-12-17-13-20-8-11-23(17)21-16/h2-5,12,19-20H,6-11,13-14H2,1H3. The molecule has 4 rings (SSSR count). The van der Waals surface area contributed by atoms with E-state index in [1.54, 1.807) is 0 Å². The van der Waals surface area contributed by atoms with Crippen LogP contribution in [0, 0.1) is 6.92 Å². The zero-order valence-corrected chi connectivity index (χ0v) is 14.4. The van der Waals surface area contributed by atoms with Crippen LogP contribution >= 0.6 is 0 Å². The summed E-state index contributed by atoms with van der Waals surface area (Å²) in [6, 6.07) is 10.6. The Kier molecular flexibility index (Phi) is 4.54. The number of likely N-dealkylation sites (tertiary alicyclic amines) is 1. The van der Waals surface area contributed by atoms with E-state index >= 15 is 0 Å². The fraction of sp³-hybridized carbons (Fsp3) is 0.526. The number of nitrogens with zero attached hydrogens (tertiary/aromatic N) is 3. The summed E-state index contributed by atoms with van der Waals surface area (Å²) in [5.74, 6) is 0.994. The summed E-state index contributed by atoms with van der Waals surface area (Å²) in [4.78, 5) is 2.50. The Morgan fingerprint density at radius 3 is 2.71 bits per heavy atom. The second-order valence-corrected chi connectivity index (χ2v) is 6.93. The molecule has 0 bridgehead atoms. The van der Waals surface area contributed by atoms with E-state index in [9.17, 15) is 0 Å². The number of aromatic nitrogens is 2. The third-order valence-corrected chi connectivity index (χ3v) is 4.96. The highest BCUT2D eigenvalue weighted by atomic mass is 16.5. The average Bonchev–Trinajstić information content (AvgIpc) is 3.01. The van der Waals surface area contributed by atoms with Crippen molar-refractivity contribution in [1.82, 2.24) is 20.0 Å². The van der Waals surface area contributed by atoms with Gasteiger partial charge in [0, 0.05) is 32.7 Å². The van der Waals surface area contributed by atoms with Crippen molar-refractivity contribution >= 4 is 0 Å². The molecular weight excluding hydrogens is 300 g/mol. The zero-order chi connectivity index (χ0) is 16.4. The summed E-state index contributed by atoms with van der Waals surface area (Å²) in [7, 11) is 0. The highest BCUT2D eigenvalue weighted by Gasteiger charge is 2.22. The number of hydrogen-bond acceptors (Lipinski definition) is 4. The van der Waals surface area contributed by atoms with Gasteiger partial charge in [-0.3, -0.25) is 9.58 Å². The van der Waals surface area contributed by atoms with Gasteiger partial charge in [0.05, 0.1) is 17.9 Å². The van der Waals surface area contributed by atoms with Gasteiger partial charge < -0.3 is 10.1 Å². The molecule has 3 heterocycles. The highest BCUT2D eigenvalue weighted by Crippen LogP contribution is 2.20. The van der Waals surface area contributed by atoms with Crippen LogP contribution in [0.1, 0.15) is 29.8 Å². The summed E-state index contributed by atoms with van der Waals surface area (Å²) in [6.07, 6.45) is 2.51. The molecule has 0 atom stereocenters. The van der Waals surface area contributed by atoms with Crippen molar-refractivity contribution in [3.63, 3.8) is 0 Å². The number of fused-ring (bicyclic) bond motifs is 1. The van der Waals surface area contributed by atoms with E-state index in [0.29, 0.717) is 6.10 Å². The van der Waals surface area contributed by atoms with Crippen LogP contribution in [-0.2, 0) is 19.6 Å². The van der Waals surface area contributed by atoms with E-state index < -0.39 is 0 Å². The molecule has 2 aliphatic rings. The van der Waals surface area contributed by atoms with Crippen molar-refractivity contribution in [3.05, 3.63) is 47.3 Å². The fourth-order valence-corrected chi connectivity index (χ4v) is 3.55. The van der Waals surface area contributed by atoms with Crippen LogP contribution in [-0.4, -0.2) is 40.4 Å². The Morgan fingerprint density at radius 1 is 1.17 bits per heavy atom. The second kappa shape index (κ2) is 6.95. The molecule has 1 aromatic heterocycles. The smallest absolute Gasteiger partial charge is 0.119 e. The average molecular weight is 326 g/mol. The van der Waals surface area contributed by atoms with Gasteiger partial charge in [0.1, 0.15) is 11.9 Å². The SMILES string of the molecule is Cc1ccc(OC2CCN(Cc3cc4n(n3)CCNC4)CC2)cc1. The molecule has 24 heavy (non-hydrogen) atoms. The molecule has 1 saturated heterocycles. The molecule has 1 fully saturated rings. The molecule has 2 aromatic rings. The molecule has 0 unspecified atom stereocenters. The number of aryl methyl sites for hydroxylation is 1. The maximum Gasteiger partial charge on any atom is 0.119 e. The first kappa shape index (κ1) is 15.7. The Labute approximate surface area is 143 Å². The Hall–Kier alpha value is -1.85.